The van der Waals surface area contributed by atoms with Crippen LogP contribution in [0.5, 0.6) is 0 Å². The van der Waals surface area contributed by atoms with E-state index >= 15 is 0 Å². The molecule has 1 aliphatic rings. The summed E-state index contributed by atoms with van der Waals surface area (Å²) < 4.78 is 5.45. The number of nitrogens with zero attached hydrogens (tertiary/aromatic N) is 1. The number of hydrogen-bond donors (Lipinski definition) is 2. The monoisotopic (exact) mass is 341 g/mol. The maximum absolute atomic E-state index is 12.4. The summed E-state index contributed by atoms with van der Waals surface area (Å²) in [6.45, 7) is 3.93. The molecule has 6 nitrogen and oxygen atoms in total. The summed E-state index contributed by atoms with van der Waals surface area (Å²) in [4.78, 5) is 26.0. The summed E-state index contributed by atoms with van der Waals surface area (Å²) in [5, 5.41) is 2.68. The average molecular weight is 341 g/mol. The van der Waals surface area contributed by atoms with E-state index in [-0.39, 0.29) is 5.91 Å². The molecular weight excluding hydrogens is 306 g/mol. The van der Waals surface area contributed by atoms with Crippen molar-refractivity contribution in [3.63, 3.8) is 0 Å². The number of carbonyl (C=O) groups excluding carboxylic acids is 2. The summed E-state index contributed by atoms with van der Waals surface area (Å²) in [5.41, 5.74) is 5.40. The molecule has 0 aromatic heterocycles. The molecule has 0 aliphatic carbocycles. The highest BCUT2D eigenvalue weighted by molar-refractivity contribution is 5.77. The number of hydrogen-bond acceptors (Lipinski definition) is 4. The van der Waals surface area contributed by atoms with Gasteiger partial charge in [0.25, 0.3) is 0 Å². The molecule has 1 atom stereocenters. The molecule has 2 amide bonds. The maximum Gasteiger partial charge on any atom is 0.409 e. The van der Waals surface area contributed by atoms with E-state index in [4.69, 9.17) is 10.5 Å². The predicted molar refractivity (Wildman–Crippen MR) is 95.5 cm³/mol. The molecule has 6 heteroatoms. The zero-order chi connectivity index (χ0) is 17.6. The molecule has 0 saturated carbocycles. The smallest absolute Gasteiger partial charge is 0.409 e. The van der Waals surface area contributed by atoms with Gasteiger partial charge in [-0.25, -0.2) is 4.79 Å². The van der Waals surface area contributed by atoms with Gasteiger partial charge in [0.05, 0.1) is 0 Å². The third kappa shape index (κ3) is 8.52. The zero-order valence-corrected chi connectivity index (χ0v) is 15.2. The van der Waals surface area contributed by atoms with Gasteiger partial charge in [0, 0.05) is 25.9 Å². The predicted octanol–water partition coefficient (Wildman–Crippen LogP) is 3.15. The number of rotatable bonds is 11. The van der Waals surface area contributed by atoms with E-state index in [0.717, 1.165) is 38.5 Å². The second-order valence-corrected chi connectivity index (χ2v) is 6.53. The first kappa shape index (κ1) is 20.7. The first-order valence-corrected chi connectivity index (χ1v) is 9.63. The van der Waals surface area contributed by atoms with Crippen LogP contribution >= 0.6 is 0 Å². The number of unbranched alkanes of at least 4 members (excludes halogenated alkanes) is 5. The average Bonchev–Trinajstić information content (AvgIpc) is 2.58. The number of nitrogens with two attached hydrogens (primary N) is 1. The highest BCUT2D eigenvalue weighted by Gasteiger charge is 2.29. The largest absolute Gasteiger partial charge is 0.425 e. The molecule has 3 N–H and O–H groups in total. The number of carbonyl (C=O) groups is 2. The van der Waals surface area contributed by atoms with E-state index in [1.807, 2.05) is 0 Å². The van der Waals surface area contributed by atoms with Crippen LogP contribution < -0.4 is 11.1 Å². The van der Waals surface area contributed by atoms with E-state index in [9.17, 15) is 9.59 Å². The zero-order valence-electron chi connectivity index (χ0n) is 15.2. The first-order valence-electron chi connectivity index (χ1n) is 9.63. The molecular formula is C18H35N3O3. The normalized spacial score (nSPS) is 17.6. The van der Waals surface area contributed by atoms with Crippen molar-refractivity contribution in [2.24, 2.45) is 5.73 Å². The summed E-state index contributed by atoms with van der Waals surface area (Å²) in [5.74, 6) is 0.116. The Balaban J connectivity index is 2.31. The summed E-state index contributed by atoms with van der Waals surface area (Å²) in [7, 11) is 0. The van der Waals surface area contributed by atoms with Gasteiger partial charge in [-0.15, -0.1) is 0 Å². The fraction of sp³-hybridized carbons (Fsp3) is 0.889. The second-order valence-electron chi connectivity index (χ2n) is 6.53. The molecule has 0 bridgehead atoms. The third-order valence-electron chi connectivity index (χ3n) is 4.41. The highest BCUT2D eigenvalue weighted by Crippen LogP contribution is 2.20. The lowest BCUT2D eigenvalue weighted by atomic mass is 10.1. The molecule has 0 aromatic rings. The molecule has 24 heavy (non-hydrogen) atoms. The summed E-state index contributed by atoms with van der Waals surface area (Å²) in [6.07, 6.45) is 10.1. The van der Waals surface area contributed by atoms with E-state index in [0.29, 0.717) is 26.1 Å². The van der Waals surface area contributed by atoms with Crippen molar-refractivity contribution in [2.75, 3.05) is 19.6 Å². The van der Waals surface area contributed by atoms with Crippen LogP contribution in [-0.4, -0.2) is 42.8 Å². The Morgan fingerprint density at radius 3 is 2.62 bits per heavy atom. The van der Waals surface area contributed by atoms with Gasteiger partial charge in [0.1, 0.15) is 0 Å². The first-order chi connectivity index (χ1) is 11.7. The third-order valence-corrected chi connectivity index (χ3v) is 4.41. The Morgan fingerprint density at radius 1 is 1.12 bits per heavy atom. The number of ether oxygens (including phenoxy) is 1. The van der Waals surface area contributed by atoms with Crippen LogP contribution in [0.3, 0.4) is 0 Å². The molecule has 1 saturated heterocycles. The molecule has 1 rings (SSSR count). The van der Waals surface area contributed by atoms with Gasteiger partial charge < -0.3 is 20.7 Å². The quantitative estimate of drug-likeness (QED) is 0.565. The van der Waals surface area contributed by atoms with Crippen molar-refractivity contribution < 1.29 is 14.3 Å². The van der Waals surface area contributed by atoms with E-state index in [1.165, 1.54) is 25.7 Å². The van der Waals surface area contributed by atoms with Crippen molar-refractivity contribution in [1.82, 2.24) is 10.2 Å². The molecule has 140 valence electrons. The Labute approximate surface area is 146 Å². The van der Waals surface area contributed by atoms with Gasteiger partial charge in [-0.3, -0.25) is 4.79 Å². The van der Waals surface area contributed by atoms with Gasteiger partial charge >= 0.3 is 6.09 Å². The fourth-order valence-corrected chi connectivity index (χ4v) is 2.97. The van der Waals surface area contributed by atoms with Gasteiger partial charge in [0.15, 0.2) is 6.23 Å². The summed E-state index contributed by atoms with van der Waals surface area (Å²) >= 11 is 0. The lowest BCUT2D eigenvalue weighted by Crippen LogP contribution is -2.47. The molecule has 0 unspecified atom stereocenters. The number of likely N-dealkylation sites (tertiary alicyclic amines) is 1. The van der Waals surface area contributed by atoms with Crippen LogP contribution in [0, 0.1) is 0 Å². The van der Waals surface area contributed by atoms with Crippen LogP contribution in [0.2, 0.25) is 0 Å². The Bertz CT molecular complexity index is 363. The topological polar surface area (TPSA) is 84.7 Å². The van der Waals surface area contributed by atoms with E-state index in [1.54, 1.807) is 4.90 Å². The van der Waals surface area contributed by atoms with Gasteiger partial charge in [-0.05, 0) is 32.2 Å². The van der Waals surface area contributed by atoms with Crippen molar-refractivity contribution >= 4 is 12.0 Å². The minimum atomic E-state index is -0.451. The standard InChI is InChI=1S/C18H35N3O3/c1-2-3-4-5-6-7-11-16(22)21-15-9-8-12-17(21)24-18(23)20-14-10-13-19/h17H,2-15,19H2,1H3,(H,20,23)/t17-/m1/s1. The minimum absolute atomic E-state index is 0.116. The number of nitrogens with one attached hydrogen (secondary N) is 1. The van der Waals surface area contributed by atoms with Crippen LogP contribution in [0.1, 0.15) is 77.6 Å². The fourth-order valence-electron chi connectivity index (χ4n) is 2.97. The summed E-state index contributed by atoms with van der Waals surface area (Å²) in [6, 6.07) is 0. The van der Waals surface area contributed by atoms with Gasteiger partial charge in [0.2, 0.25) is 5.91 Å². The molecule has 1 fully saturated rings. The van der Waals surface area contributed by atoms with Crippen molar-refractivity contribution in [3.8, 4) is 0 Å². The Hall–Kier alpha value is -1.30. The molecule has 0 spiro atoms. The molecule has 0 radical (unpaired) electrons. The number of amides is 2. The lowest BCUT2D eigenvalue weighted by molar-refractivity contribution is -0.144. The van der Waals surface area contributed by atoms with Crippen molar-refractivity contribution in [3.05, 3.63) is 0 Å². The Kier molecular flexibility index (Phi) is 11.3. The van der Waals surface area contributed by atoms with Crippen LogP contribution in [0.4, 0.5) is 4.79 Å². The Morgan fingerprint density at radius 2 is 1.88 bits per heavy atom. The molecule has 1 heterocycles. The highest BCUT2D eigenvalue weighted by atomic mass is 16.6. The second kappa shape index (κ2) is 13.0. The number of alkyl carbamates (subject to hydrolysis) is 1. The van der Waals surface area contributed by atoms with Crippen LogP contribution in [-0.2, 0) is 9.53 Å². The van der Waals surface area contributed by atoms with Crippen molar-refractivity contribution in [2.45, 2.75) is 83.8 Å². The van der Waals surface area contributed by atoms with Crippen LogP contribution in [0.15, 0.2) is 0 Å². The minimum Gasteiger partial charge on any atom is -0.425 e. The van der Waals surface area contributed by atoms with Gasteiger partial charge in [-0.1, -0.05) is 39.0 Å². The van der Waals surface area contributed by atoms with E-state index in [2.05, 4.69) is 12.2 Å². The molecule has 1 aliphatic heterocycles. The van der Waals surface area contributed by atoms with Crippen molar-refractivity contribution in [1.29, 1.82) is 0 Å². The van der Waals surface area contributed by atoms with Crippen LogP contribution in [0.25, 0.3) is 0 Å². The lowest BCUT2D eigenvalue weighted by Gasteiger charge is -2.35. The SMILES string of the molecule is CCCCCCCCC(=O)N1CCCC[C@H]1OC(=O)NCCCN. The molecule has 0 aromatic carbocycles. The maximum atomic E-state index is 12.4. The van der Waals surface area contributed by atoms with Gasteiger partial charge in [-0.2, -0.15) is 0 Å². The van der Waals surface area contributed by atoms with E-state index < -0.39 is 12.3 Å². The number of piperidine rings is 1.